The van der Waals surface area contributed by atoms with Gasteiger partial charge >= 0.3 is 23.9 Å². The van der Waals surface area contributed by atoms with Crippen molar-refractivity contribution < 1.29 is 47.7 Å². The first-order valence-electron chi connectivity index (χ1n) is 10.7. The number of hydrogen-bond acceptors (Lipinski definition) is 13. The molecule has 3 rings (SSSR count). The van der Waals surface area contributed by atoms with E-state index in [9.17, 15) is 24.0 Å². The van der Waals surface area contributed by atoms with Crippen molar-refractivity contribution in [1.29, 1.82) is 0 Å². The Kier molecular flexibility index (Phi) is 9.86. The van der Waals surface area contributed by atoms with E-state index in [1.165, 1.54) is 18.3 Å². The van der Waals surface area contributed by atoms with Crippen molar-refractivity contribution in [2.45, 2.75) is 58.3 Å². The van der Waals surface area contributed by atoms with Crippen LogP contribution in [0.15, 0.2) is 20.8 Å². The highest BCUT2D eigenvalue weighted by atomic mass is 79.9. The van der Waals surface area contributed by atoms with E-state index >= 15 is 0 Å². The van der Waals surface area contributed by atoms with Crippen molar-refractivity contribution in [1.82, 2.24) is 4.90 Å². The van der Waals surface area contributed by atoms with E-state index in [1.54, 1.807) is 6.08 Å². The fraction of sp³-hybridized carbons (Fsp3) is 0.455. The van der Waals surface area contributed by atoms with Crippen molar-refractivity contribution in [3.8, 4) is 0 Å². The summed E-state index contributed by atoms with van der Waals surface area (Å²) in [6.45, 7) is 4.11. The molecule has 2 aliphatic rings. The number of halogens is 1. The highest BCUT2D eigenvalue weighted by molar-refractivity contribution is 9.11. The number of esters is 4. The second kappa shape index (κ2) is 12.5. The minimum Gasteiger partial charge on any atom is -0.463 e. The number of rotatable bonds is 7. The number of carbonyl (C=O) groups excluding carboxylic acids is 5. The van der Waals surface area contributed by atoms with Gasteiger partial charge in [0.2, 0.25) is 0 Å². The van der Waals surface area contributed by atoms with Crippen LogP contribution in [-0.2, 0) is 47.7 Å². The molecule has 200 valence electrons. The molecule has 2 fully saturated rings. The van der Waals surface area contributed by atoms with Gasteiger partial charge in [-0.1, -0.05) is 24.0 Å². The highest BCUT2D eigenvalue weighted by Crippen LogP contribution is 2.40. The summed E-state index contributed by atoms with van der Waals surface area (Å²) in [5, 5.41) is 0. The lowest BCUT2D eigenvalue weighted by atomic mass is 9.96. The van der Waals surface area contributed by atoms with Gasteiger partial charge in [-0.15, -0.1) is 11.3 Å². The fourth-order valence-electron chi connectivity index (χ4n) is 3.65. The van der Waals surface area contributed by atoms with Gasteiger partial charge in [-0.3, -0.25) is 28.9 Å². The zero-order valence-corrected chi connectivity index (χ0v) is 24.0. The molecule has 11 nitrogen and oxygen atoms in total. The lowest BCUT2D eigenvalue weighted by molar-refractivity contribution is -0.268. The number of thioether (sulfide) groups is 1. The van der Waals surface area contributed by atoms with Crippen LogP contribution in [0.4, 0.5) is 0 Å². The third-order valence-electron chi connectivity index (χ3n) is 4.91. The summed E-state index contributed by atoms with van der Waals surface area (Å²) in [4.78, 5) is 63.1. The lowest BCUT2D eigenvalue weighted by Gasteiger charge is -2.46. The van der Waals surface area contributed by atoms with Crippen LogP contribution in [0, 0.1) is 0 Å². The van der Waals surface area contributed by atoms with Gasteiger partial charge in [0.05, 0.1) is 8.69 Å². The Hall–Kier alpha value is -2.33. The second-order valence-electron chi connectivity index (χ2n) is 7.78. The van der Waals surface area contributed by atoms with E-state index in [1.807, 2.05) is 12.1 Å². The van der Waals surface area contributed by atoms with E-state index in [2.05, 4.69) is 15.9 Å². The Morgan fingerprint density at radius 2 is 1.59 bits per heavy atom. The Morgan fingerprint density at radius 1 is 1.00 bits per heavy atom. The topological polar surface area (TPSA) is 135 Å². The third-order valence-corrected chi connectivity index (χ3v) is 7.81. The van der Waals surface area contributed by atoms with Crippen LogP contribution >= 0.6 is 51.2 Å². The van der Waals surface area contributed by atoms with E-state index < -0.39 is 67.0 Å². The minimum absolute atomic E-state index is 0.0905. The molecule has 0 spiro atoms. The van der Waals surface area contributed by atoms with Gasteiger partial charge in [0.15, 0.2) is 28.9 Å². The van der Waals surface area contributed by atoms with Crippen LogP contribution in [0.2, 0.25) is 0 Å². The second-order valence-corrected chi connectivity index (χ2v) is 12.0. The number of ether oxygens (including phenoxy) is 5. The van der Waals surface area contributed by atoms with E-state index in [-0.39, 0.29) is 9.23 Å². The number of carbonyl (C=O) groups is 5. The van der Waals surface area contributed by atoms with Gasteiger partial charge in [0.25, 0.3) is 5.91 Å². The summed E-state index contributed by atoms with van der Waals surface area (Å²) in [6, 6.07) is 3.65. The summed E-state index contributed by atoms with van der Waals surface area (Å²) in [7, 11) is 0. The number of nitrogens with zero attached hydrogens (tertiary/aromatic N) is 1. The van der Waals surface area contributed by atoms with Crippen LogP contribution in [0.1, 0.15) is 32.6 Å². The monoisotopic (exact) mass is 635 g/mol. The molecule has 1 aromatic heterocycles. The smallest absolute Gasteiger partial charge is 0.303 e. The van der Waals surface area contributed by atoms with Gasteiger partial charge < -0.3 is 23.7 Å². The maximum atomic E-state index is 13.5. The van der Waals surface area contributed by atoms with Crippen LogP contribution in [-0.4, -0.2) is 76.3 Å². The standard InChI is InChI=1S/C22H22BrNO10S3/c1-9(25)30-8-14-17(31-10(2)26)18(32-11(3)27)19(33-12(4)28)21(34-14)24-20(29)15(37-22(24)35)7-13-5-6-16(23)36-13/h5-7,14,17-19,21H,8H2,1-4H3/b15-7-/t14-,17-,18-,19-,21+/m0/s1. The van der Waals surface area contributed by atoms with Gasteiger partial charge in [0, 0.05) is 32.6 Å². The predicted octanol–water partition coefficient (Wildman–Crippen LogP) is 2.79. The van der Waals surface area contributed by atoms with E-state index in [0.29, 0.717) is 0 Å². The first-order valence-corrected chi connectivity index (χ1v) is 13.5. The van der Waals surface area contributed by atoms with Crippen molar-refractivity contribution in [3.05, 3.63) is 25.7 Å². The molecule has 5 atom stereocenters. The lowest BCUT2D eigenvalue weighted by Crippen LogP contribution is -2.66. The summed E-state index contributed by atoms with van der Waals surface area (Å²) in [5.74, 6) is -3.50. The van der Waals surface area contributed by atoms with E-state index in [4.69, 9.17) is 35.9 Å². The summed E-state index contributed by atoms with van der Waals surface area (Å²) < 4.78 is 28.3. The molecular formula is C22H22BrNO10S3. The molecule has 0 saturated carbocycles. The molecule has 3 heterocycles. The number of thiocarbonyl (C=S) groups is 1. The quantitative estimate of drug-likeness (QED) is 0.189. The summed E-state index contributed by atoms with van der Waals surface area (Å²) >= 11 is 11.2. The average Bonchev–Trinajstić information content (AvgIpc) is 3.30. The largest absolute Gasteiger partial charge is 0.463 e. The predicted molar refractivity (Wildman–Crippen MR) is 139 cm³/mol. The van der Waals surface area contributed by atoms with Crippen molar-refractivity contribution >= 4 is 91.4 Å². The van der Waals surface area contributed by atoms with Gasteiger partial charge in [-0.05, 0) is 34.1 Å². The molecule has 2 saturated heterocycles. The van der Waals surface area contributed by atoms with Crippen LogP contribution in [0.25, 0.3) is 6.08 Å². The number of thiophene rings is 1. The molecule has 0 aliphatic carbocycles. The normalized spacial score (nSPS) is 26.7. The molecule has 15 heteroatoms. The minimum atomic E-state index is -1.43. The Labute approximate surface area is 233 Å². The Balaban J connectivity index is 2.05. The van der Waals surface area contributed by atoms with Gasteiger partial charge in [-0.25, -0.2) is 0 Å². The molecule has 2 aliphatic heterocycles. The molecule has 37 heavy (non-hydrogen) atoms. The number of hydrogen-bond donors (Lipinski definition) is 0. The van der Waals surface area contributed by atoms with Crippen LogP contribution < -0.4 is 0 Å². The number of amides is 1. The Morgan fingerprint density at radius 3 is 2.14 bits per heavy atom. The fourth-order valence-corrected chi connectivity index (χ4v) is 6.39. The highest BCUT2D eigenvalue weighted by Gasteiger charge is 2.56. The van der Waals surface area contributed by atoms with Crippen LogP contribution in [0.5, 0.6) is 0 Å². The molecular weight excluding hydrogens is 614 g/mol. The first-order chi connectivity index (χ1) is 17.4. The SMILES string of the molecule is CC(=O)OC[C@@H]1O[C@@H](N2C(=O)/C(=C/c3ccc(Br)s3)SC2=S)[C@@H](OC(C)=O)[C@@H](OC(C)=O)[C@H]1OC(C)=O. The summed E-state index contributed by atoms with van der Waals surface area (Å²) in [5.41, 5.74) is 0. The molecule has 0 N–H and O–H groups in total. The third kappa shape index (κ3) is 7.37. The molecule has 1 amide bonds. The van der Waals surface area contributed by atoms with Crippen molar-refractivity contribution in [3.63, 3.8) is 0 Å². The Bertz CT molecular complexity index is 1150. The maximum Gasteiger partial charge on any atom is 0.303 e. The molecule has 0 unspecified atom stereocenters. The van der Waals surface area contributed by atoms with Crippen molar-refractivity contribution in [2.75, 3.05) is 6.61 Å². The maximum absolute atomic E-state index is 13.5. The van der Waals surface area contributed by atoms with Gasteiger partial charge in [-0.2, -0.15) is 0 Å². The molecule has 1 aromatic rings. The van der Waals surface area contributed by atoms with Crippen molar-refractivity contribution in [2.24, 2.45) is 0 Å². The molecule has 0 bridgehead atoms. The van der Waals surface area contributed by atoms with Crippen LogP contribution in [0.3, 0.4) is 0 Å². The molecule has 0 aromatic carbocycles. The zero-order chi connectivity index (χ0) is 27.4. The average molecular weight is 637 g/mol. The van der Waals surface area contributed by atoms with E-state index in [0.717, 1.165) is 46.1 Å². The summed E-state index contributed by atoms with van der Waals surface area (Å²) in [6.07, 6.45) is -5.12. The first kappa shape index (κ1) is 29.2. The molecule has 0 radical (unpaired) electrons. The zero-order valence-electron chi connectivity index (χ0n) is 20.0. The van der Waals surface area contributed by atoms with Gasteiger partial charge in [0.1, 0.15) is 12.7 Å².